The van der Waals surface area contributed by atoms with Crippen molar-refractivity contribution in [2.75, 3.05) is 6.61 Å². The maximum absolute atomic E-state index is 6.52. The molecule has 0 heterocycles. The van der Waals surface area contributed by atoms with Crippen LogP contribution in [0.3, 0.4) is 0 Å². The van der Waals surface area contributed by atoms with Crippen LogP contribution in [0.15, 0.2) is 66.7 Å². The van der Waals surface area contributed by atoms with Gasteiger partial charge in [-0.3, -0.25) is 0 Å². The summed E-state index contributed by atoms with van der Waals surface area (Å²) in [4.78, 5) is 0. The van der Waals surface area contributed by atoms with Gasteiger partial charge in [0, 0.05) is 13.1 Å². The van der Waals surface area contributed by atoms with E-state index in [0.29, 0.717) is 36.3 Å². The second-order valence-corrected chi connectivity index (χ2v) is 7.11. The van der Waals surface area contributed by atoms with Gasteiger partial charge in [-0.1, -0.05) is 71.8 Å². The van der Waals surface area contributed by atoms with Gasteiger partial charge >= 0.3 is 0 Å². The molecule has 0 fully saturated rings. The van der Waals surface area contributed by atoms with Crippen molar-refractivity contribution >= 4 is 24.0 Å². The van der Waals surface area contributed by atoms with Gasteiger partial charge in [0.05, 0.1) is 11.6 Å². The van der Waals surface area contributed by atoms with E-state index in [1.54, 1.807) is 0 Å². The van der Waals surface area contributed by atoms with Crippen LogP contribution in [0.5, 0.6) is 11.5 Å². The number of aryl methyl sites for hydroxylation is 1. The molecule has 3 aromatic carbocycles. The third-order valence-electron chi connectivity index (χ3n) is 4.37. The Kier molecular flexibility index (Phi) is 9.33. The van der Waals surface area contributed by atoms with E-state index in [-0.39, 0.29) is 12.4 Å². The second kappa shape index (κ2) is 11.7. The highest BCUT2D eigenvalue weighted by Gasteiger charge is 2.13. The maximum atomic E-state index is 6.52. The number of hydrogen-bond acceptors (Lipinski definition) is 3. The minimum absolute atomic E-state index is 0. The minimum atomic E-state index is 0. The van der Waals surface area contributed by atoms with Crippen LogP contribution >= 0.6 is 24.0 Å². The van der Waals surface area contributed by atoms with Crippen molar-refractivity contribution in [3.05, 3.63) is 94.0 Å². The predicted molar refractivity (Wildman–Crippen MR) is 122 cm³/mol. The molecule has 0 aliphatic carbocycles. The summed E-state index contributed by atoms with van der Waals surface area (Å²) in [5.41, 5.74) is 4.63. The summed E-state index contributed by atoms with van der Waals surface area (Å²) in [5, 5.41) is 4.01. The van der Waals surface area contributed by atoms with E-state index in [4.69, 9.17) is 21.1 Å². The highest BCUT2D eigenvalue weighted by molar-refractivity contribution is 6.32. The lowest BCUT2D eigenvalue weighted by Crippen LogP contribution is -2.13. The Bertz CT molecular complexity index is 883. The molecule has 0 aliphatic rings. The molecule has 29 heavy (non-hydrogen) atoms. The Morgan fingerprint density at radius 3 is 2.21 bits per heavy atom. The van der Waals surface area contributed by atoms with Gasteiger partial charge in [0.15, 0.2) is 11.5 Å². The molecule has 0 atom stereocenters. The molecule has 0 amide bonds. The fraction of sp³-hybridized carbons (Fsp3) is 0.250. The molecular formula is C24H27Cl2NO2. The molecule has 3 rings (SSSR count). The van der Waals surface area contributed by atoms with Crippen LogP contribution in [0.1, 0.15) is 29.2 Å². The van der Waals surface area contributed by atoms with E-state index in [2.05, 4.69) is 48.6 Å². The topological polar surface area (TPSA) is 30.5 Å². The molecule has 0 unspecified atom stereocenters. The van der Waals surface area contributed by atoms with Gasteiger partial charge in [-0.15, -0.1) is 12.4 Å². The first-order valence-corrected chi connectivity index (χ1v) is 9.91. The summed E-state index contributed by atoms with van der Waals surface area (Å²) >= 11 is 6.52. The molecule has 0 spiro atoms. The summed E-state index contributed by atoms with van der Waals surface area (Å²) in [6.45, 7) is 6.53. The molecule has 154 valence electrons. The highest BCUT2D eigenvalue weighted by Crippen LogP contribution is 2.37. The Labute approximate surface area is 184 Å². The Balaban J connectivity index is 0.00000300. The first-order chi connectivity index (χ1) is 13.7. The Hall–Kier alpha value is -2.20. The second-order valence-electron chi connectivity index (χ2n) is 6.70. The predicted octanol–water partition coefficient (Wildman–Crippen LogP) is 6.34. The lowest BCUT2D eigenvalue weighted by molar-refractivity contribution is 0.269. The molecule has 0 aromatic heterocycles. The lowest BCUT2D eigenvalue weighted by atomic mass is 10.1. The summed E-state index contributed by atoms with van der Waals surface area (Å²) in [6, 6.07) is 22.5. The highest BCUT2D eigenvalue weighted by atomic mass is 35.5. The molecule has 0 bridgehead atoms. The van der Waals surface area contributed by atoms with Gasteiger partial charge in [0.2, 0.25) is 0 Å². The number of halogens is 2. The molecule has 3 nitrogen and oxygen atoms in total. The zero-order valence-electron chi connectivity index (χ0n) is 16.8. The number of rotatable bonds is 9. The van der Waals surface area contributed by atoms with Crippen molar-refractivity contribution in [3.8, 4) is 11.5 Å². The van der Waals surface area contributed by atoms with Crippen LogP contribution in [-0.2, 0) is 19.7 Å². The van der Waals surface area contributed by atoms with Crippen molar-refractivity contribution in [1.29, 1.82) is 0 Å². The standard InChI is InChI=1S/C24H26ClNO2.ClH/c1-3-27-23-14-21(16-26-15-19-7-5-4-6-8-19)13-22(25)24(23)28-17-20-11-9-18(2)10-12-20;/h4-14,26H,3,15-17H2,1-2H3;1H. The molecule has 0 saturated carbocycles. The normalized spacial score (nSPS) is 10.3. The van der Waals surface area contributed by atoms with Crippen LogP contribution in [-0.4, -0.2) is 6.61 Å². The number of ether oxygens (including phenoxy) is 2. The van der Waals surface area contributed by atoms with Crippen molar-refractivity contribution < 1.29 is 9.47 Å². The molecule has 0 radical (unpaired) electrons. The summed E-state index contributed by atoms with van der Waals surface area (Å²) in [5.74, 6) is 1.27. The zero-order chi connectivity index (χ0) is 19.8. The molecule has 1 N–H and O–H groups in total. The fourth-order valence-electron chi connectivity index (χ4n) is 2.91. The zero-order valence-corrected chi connectivity index (χ0v) is 18.4. The van der Waals surface area contributed by atoms with Gasteiger partial charge in [-0.25, -0.2) is 0 Å². The first kappa shape index (κ1) is 23.1. The molecule has 3 aromatic rings. The van der Waals surface area contributed by atoms with Crippen LogP contribution in [0.2, 0.25) is 5.02 Å². The lowest BCUT2D eigenvalue weighted by Gasteiger charge is -2.16. The third kappa shape index (κ3) is 6.97. The Morgan fingerprint density at radius 2 is 1.52 bits per heavy atom. The number of nitrogens with one attached hydrogen (secondary N) is 1. The first-order valence-electron chi connectivity index (χ1n) is 9.54. The van der Waals surface area contributed by atoms with Crippen LogP contribution in [0, 0.1) is 6.92 Å². The molecular weight excluding hydrogens is 405 g/mol. The number of benzene rings is 3. The fourth-order valence-corrected chi connectivity index (χ4v) is 3.20. The molecule has 0 aliphatic heterocycles. The van der Waals surface area contributed by atoms with E-state index in [0.717, 1.165) is 17.7 Å². The molecule has 5 heteroatoms. The van der Waals surface area contributed by atoms with Crippen LogP contribution < -0.4 is 14.8 Å². The van der Waals surface area contributed by atoms with Crippen molar-refractivity contribution in [3.63, 3.8) is 0 Å². The van der Waals surface area contributed by atoms with Gasteiger partial charge in [-0.05, 0) is 42.7 Å². The minimum Gasteiger partial charge on any atom is -0.490 e. The average Bonchev–Trinajstić information content (AvgIpc) is 2.70. The SMILES string of the molecule is CCOc1cc(CNCc2ccccc2)cc(Cl)c1OCc1ccc(C)cc1.Cl. The average molecular weight is 432 g/mol. The monoisotopic (exact) mass is 431 g/mol. The van der Waals surface area contributed by atoms with E-state index in [1.807, 2.05) is 37.3 Å². The van der Waals surface area contributed by atoms with Crippen molar-refractivity contribution in [1.82, 2.24) is 5.32 Å². The van der Waals surface area contributed by atoms with Gasteiger partial charge < -0.3 is 14.8 Å². The summed E-state index contributed by atoms with van der Waals surface area (Å²) < 4.78 is 11.8. The van der Waals surface area contributed by atoms with Gasteiger partial charge in [0.25, 0.3) is 0 Å². The largest absolute Gasteiger partial charge is 0.490 e. The van der Waals surface area contributed by atoms with Gasteiger partial charge in [0.1, 0.15) is 6.61 Å². The van der Waals surface area contributed by atoms with Gasteiger partial charge in [-0.2, -0.15) is 0 Å². The van der Waals surface area contributed by atoms with Crippen molar-refractivity contribution in [2.45, 2.75) is 33.5 Å². The smallest absolute Gasteiger partial charge is 0.180 e. The molecule has 0 saturated heterocycles. The third-order valence-corrected chi connectivity index (χ3v) is 4.65. The van der Waals surface area contributed by atoms with Crippen LogP contribution in [0.4, 0.5) is 0 Å². The Morgan fingerprint density at radius 1 is 0.828 bits per heavy atom. The summed E-state index contributed by atoms with van der Waals surface area (Å²) in [6.07, 6.45) is 0. The van der Waals surface area contributed by atoms with E-state index < -0.39 is 0 Å². The van der Waals surface area contributed by atoms with E-state index in [9.17, 15) is 0 Å². The maximum Gasteiger partial charge on any atom is 0.180 e. The number of hydrogen-bond donors (Lipinski definition) is 1. The van der Waals surface area contributed by atoms with Crippen LogP contribution in [0.25, 0.3) is 0 Å². The summed E-state index contributed by atoms with van der Waals surface area (Å²) in [7, 11) is 0. The van der Waals surface area contributed by atoms with Crippen molar-refractivity contribution in [2.24, 2.45) is 0 Å². The van der Waals surface area contributed by atoms with E-state index >= 15 is 0 Å². The van der Waals surface area contributed by atoms with E-state index in [1.165, 1.54) is 11.1 Å². The quantitative estimate of drug-likeness (QED) is 0.428.